The molecule has 0 aliphatic heterocycles. The van der Waals surface area contributed by atoms with Crippen molar-refractivity contribution in [3.63, 3.8) is 0 Å². The molecule has 0 unspecified atom stereocenters. The van der Waals surface area contributed by atoms with Crippen molar-refractivity contribution in [1.82, 2.24) is 9.97 Å². The van der Waals surface area contributed by atoms with Gasteiger partial charge in [0.25, 0.3) is 0 Å². The van der Waals surface area contributed by atoms with E-state index in [-0.39, 0.29) is 6.61 Å². The Labute approximate surface area is 76.1 Å². The highest BCUT2D eigenvalue weighted by Crippen LogP contribution is 2.01. The minimum absolute atomic E-state index is 0.0304. The minimum atomic E-state index is -0.0304. The number of H-pyrrole nitrogens is 1. The van der Waals surface area contributed by atoms with Crippen LogP contribution in [-0.4, -0.2) is 15.1 Å². The maximum Gasteiger partial charge on any atom is 0.133 e. The molecule has 2 rings (SSSR count). The standard InChI is InChI=1S/C10H12N2O/c1-7-2-4-8-9(5-3-7)12-10(6-13)11-8/h2,4-5,13H,3,6H2,1H3,(H,11,12). The summed E-state index contributed by atoms with van der Waals surface area (Å²) < 4.78 is 0. The fourth-order valence-corrected chi connectivity index (χ4v) is 1.36. The number of hydrogen-bond donors (Lipinski definition) is 2. The first-order valence-corrected chi connectivity index (χ1v) is 4.33. The molecule has 0 saturated carbocycles. The van der Waals surface area contributed by atoms with Crippen LogP contribution < -0.4 is 10.7 Å². The predicted molar refractivity (Wildman–Crippen MR) is 51.1 cm³/mol. The van der Waals surface area contributed by atoms with Gasteiger partial charge in [0.2, 0.25) is 0 Å². The summed E-state index contributed by atoms with van der Waals surface area (Å²) in [7, 11) is 0. The summed E-state index contributed by atoms with van der Waals surface area (Å²) >= 11 is 0. The zero-order valence-electron chi connectivity index (χ0n) is 7.54. The lowest BCUT2D eigenvalue weighted by atomic mass is 10.2. The van der Waals surface area contributed by atoms with Crippen molar-refractivity contribution in [2.45, 2.75) is 20.0 Å². The molecule has 68 valence electrons. The Hall–Kier alpha value is -1.35. The molecule has 0 atom stereocenters. The topological polar surface area (TPSA) is 48.9 Å². The highest BCUT2D eigenvalue weighted by Gasteiger charge is 1.98. The van der Waals surface area contributed by atoms with Gasteiger partial charge >= 0.3 is 0 Å². The zero-order valence-corrected chi connectivity index (χ0v) is 7.54. The van der Waals surface area contributed by atoms with Crippen molar-refractivity contribution in [2.24, 2.45) is 0 Å². The van der Waals surface area contributed by atoms with Crippen LogP contribution in [0.4, 0.5) is 0 Å². The maximum absolute atomic E-state index is 8.87. The lowest BCUT2D eigenvalue weighted by Gasteiger charge is -1.88. The van der Waals surface area contributed by atoms with Gasteiger partial charge in [0, 0.05) is 0 Å². The Bertz CT molecular complexity index is 454. The molecular weight excluding hydrogens is 164 g/mol. The molecular formula is C10H12N2O. The first kappa shape index (κ1) is 8.26. The second kappa shape index (κ2) is 3.18. The molecule has 0 amide bonds. The summed E-state index contributed by atoms with van der Waals surface area (Å²) in [5.74, 6) is 0.630. The van der Waals surface area contributed by atoms with E-state index in [4.69, 9.17) is 5.11 Å². The van der Waals surface area contributed by atoms with E-state index in [0.717, 1.165) is 17.1 Å². The third-order valence-corrected chi connectivity index (χ3v) is 2.11. The van der Waals surface area contributed by atoms with E-state index in [9.17, 15) is 0 Å². The molecule has 0 aromatic carbocycles. The van der Waals surface area contributed by atoms with Gasteiger partial charge in [-0.05, 0) is 19.4 Å². The Balaban J connectivity index is 2.61. The van der Waals surface area contributed by atoms with Gasteiger partial charge in [0.15, 0.2) is 0 Å². The Morgan fingerprint density at radius 1 is 1.54 bits per heavy atom. The number of rotatable bonds is 1. The van der Waals surface area contributed by atoms with Gasteiger partial charge in [-0.1, -0.05) is 17.7 Å². The van der Waals surface area contributed by atoms with Crippen LogP contribution in [0.5, 0.6) is 0 Å². The molecule has 3 heteroatoms. The van der Waals surface area contributed by atoms with Crippen LogP contribution in [0.2, 0.25) is 0 Å². The number of aliphatic hydroxyl groups excluding tert-OH is 1. The molecule has 0 spiro atoms. The number of aliphatic hydroxyl groups is 1. The van der Waals surface area contributed by atoms with E-state index in [1.807, 2.05) is 6.08 Å². The molecule has 0 fully saturated rings. The summed E-state index contributed by atoms with van der Waals surface area (Å²) in [6, 6.07) is 0. The average molecular weight is 176 g/mol. The second-order valence-electron chi connectivity index (χ2n) is 3.23. The van der Waals surface area contributed by atoms with E-state index < -0.39 is 0 Å². The average Bonchev–Trinajstić information content (AvgIpc) is 2.47. The van der Waals surface area contributed by atoms with Crippen LogP contribution in [0.25, 0.3) is 12.2 Å². The number of fused-ring (bicyclic) bond motifs is 1. The number of imidazole rings is 1. The van der Waals surface area contributed by atoms with Gasteiger partial charge < -0.3 is 10.1 Å². The van der Waals surface area contributed by atoms with Crippen LogP contribution in [0.1, 0.15) is 19.2 Å². The summed E-state index contributed by atoms with van der Waals surface area (Å²) in [4.78, 5) is 7.29. The first-order chi connectivity index (χ1) is 6.29. The van der Waals surface area contributed by atoms with Crippen LogP contribution in [0, 0.1) is 0 Å². The minimum Gasteiger partial charge on any atom is -0.388 e. The molecule has 3 nitrogen and oxygen atoms in total. The summed E-state index contributed by atoms with van der Waals surface area (Å²) in [6.07, 6.45) is 7.07. The van der Waals surface area contributed by atoms with Crippen molar-refractivity contribution < 1.29 is 5.11 Å². The SMILES string of the molecule is CC1=CC=c2[nH]c(CO)nc2=CC1. The van der Waals surface area contributed by atoms with Crippen LogP contribution in [-0.2, 0) is 6.61 Å². The number of hydrogen-bond acceptors (Lipinski definition) is 2. The molecule has 1 aliphatic carbocycles. The number of allylic oxidation sites excluding steroid dienone is 2. The van der Waals surface area contributed by atoms with Gasteiger partial charge in [-0.3, -0.25) is 0 Å². The molecule has 13 heavy (non-hydrogen) atoms. The third kappa shape index (κ3) is 1.55. The van der Waals surface area contributed by atoms with Gasteiger partial charge in [-0.2, -0.15) is 0 Å². The Kier molecular flexibility index (Phi) is 2.02. The van der Waals surface area contributed by atoms with Crippen LogP contribution in [0.15, 0.2) is 11.6 Å². The van der Waals surface area contributed by atoms with Crippen molar-refractivity contribution in [2.75, 3.05) is 0 Å². The van der Waals surface area contributed by atoms with Gasteiger partial charge in [0.1, 0.15) is 12.4 Å². The Morgan fingerprint density at radius 2 is 2.38 bits per heavy atom. The van der Waals surface area contributed by atoms with E-state index in [0.29, 0.717) is 5.82 Å². The van der Waals surface area contributed by atoms with E-state index in [1.54, 1.807) is 0 Å². The number of aromatic amines is 1. The number of nitrogens with zero attached hydrogens (tertiary/aromatic N) is 1. The summed E-state index contributed by atoms with van der Waals surface area (Å²) in [5.41, 5.74) is 1.32. The lowest BCUT2D eigenvalue weighted by Crippen LogP contribution is -2.23. The quantitative estimate of drug-likeness (QED) is 0.623. The van der Waals surface area contributed by atoms with Crippen molar-refractivity contribution in [3.8, 4) is 0 Å². The molecule has 0 saturated heterocycles. The van der Waals surface area contributed by atoms with E-state index in [1.165, 1.54) is 5.57 Å². The zero-order chi connectivity index (χ0) is 9.26. The van der Waals surface area contributed by atoms with Gasteiger partial charge in [-0.25, -0.2) is 4.98 Å². The van der Waals surface area contributed by atoms with Crippen molar-refractivity contribution in [3.05, 3.63) is 28.2 Å². The van der Waals surface area contributed by atoms with Crippen LogP contribution >= 0.6 is 0 Å². The van der Waals surface area contributed by atoms with Crippen LogP contribution in [0.3, 0.4) is 0 Å². The highest BCUT2D eigenvalue weighted by atomic mass is 16.3. The molecule has 2 N–H and O–H groups in total. The largest absolute Gasteiger partial charge is 0.388 e. The number of nitrogens with one attached hydrogen (secondary N) is 1. The Morgan fingerprint density at radius 3 is 3.15 bits per heavy atom. The molecule has 0 bridgehead atoms. The van der Waals surface area contributed by atoms with Gasteiger partial charge in [-0.15, -0.1) is 0 Å². The monoisotopic (exact) mass is 176 g/mol. The van der Waals surface area contributed by atoms with E-state index >= 15 is 0 Å². The molecule has 1 aliphatic rings. The molecule has 1 aromatic heterocycles. The third-order valence-electron chi connectivity index (χ3n) is 2.11. The lowest BCUT2D eigenvalue weighted by molar-refractivity contribution is 0.272. The maximum atomic E-state index is 8.87. The summed E-state index contributed by atoms with van der Waals surface area (Å²) in [6.45, 7) is 2.06. The fourth-order valence-electron chi connectivity index (χ4n) is 1.36. The molecule has 1 aromatic rings. The number of aromatic nitrogens is 2. The molecule has 0 radical (unpaired) electrons. The van der Waals surface area contributed by atoms with Gasteiger partial charge in [0.05, 0.1) is 10.7 Å². The fraction of sp³-hybridized carbons (Fsp3) is 0.300. The van der Waals surface area contributed by atoms with Crippen molar-refractivity contribution in [1.29, 1.82) is 0 Å². The predicted octanol–water partition coefficient (Wildman–Crippen LogP) is -0.187. The van der Waals surface area contributed by atoms with E-state index in [2.05, 4.69) is 29.0 Å². The smallest absolute Gasteiger partial charge is 0.133 e. The highest BCUT2D eigenvalue weighted by molar-refractivity contribution is 5.44. The second-order valence-corrected chi connectivity index (χ2v) is 3.23. The first-order valence-electron chi connectivity index (χ1n) is 4.33. The normalized spacial score (nSPS) is 15.1. The molecule has 1 heterocycles. The summed E-state index contributed by atoms with van der Waals surface area (Å²) in [5, 5.41) is 10.8. The van der Waals surface area contributed by atoms with Crippen molar-refractivity contribution >= 4 is 12.2 Å².